The number of carboxylic acid groups (broad SMARTS) is 2. The van der Waals surface area contributed by atoms with Gasteiger partial charge in [-0.2, -0.15) is 5.21 Å². The molecule has 0 bridgehead atoms. The number of rotatable bonds is 38. The summed E-state index contributed by atoms with van der Waals surface area (Å²) in [5, 5.41) is 37.2. The fourth-order valence-corrected chi connectivity index (χ4v) is 6.89. The van der Waals surface area contributed by atoms with Gasteiger partial charge in [-0.1, -0.05) is 82.8 Å². The van der Waals surface area contributed by atoms with Gasteiger partial charge in [-0.3, -0.25) is 28.7 Å². The van der Waals surface area contributed by atoms with Crippen molar-refractivity contribution in [2.75, 3.05) is 38.7 Å². The first-order valence-corrected chi connectivity index (χ1v) is 21.9. The second kappa shape index (κ2) is 32.0. The molecule has 0 aromatic carbocycles. The lowest BCUT2D eigenvalue weighted by atomic mass is 9.97. The second-order valence-corrected chi connectivity index (χ2v) is 15.9. The van der Waals surface area contributed by atoms with Crippen molar-refractivity contribution in [3.8, 4) is 0 Å². The number of amides is 3. The number of ether oxygens (including phenoxy) is 2. The van der Waals surface area contributed by atoms with Crippen molar-refractivity contribution in [2.24, 2.45) is 5.92 Å². The molecule has 20 heteroatoms. The molecule has 1 aromatic rings. The molecule has 3 amide bonds. The lowest BCUT2D eigenvalue weighted by Gasteiger charge is -2.14. The number of hydrogen-bond acceptors (Lipinski definition) is 13. The molecule has 326 valence electrons. The molecule has 6 N–H and O–H groups in total. The fourth-order valence-electron chi connectivity index (χ4n) is 5.81. The van der Waals surface area contributed by atoms with Crippen LogP contribution in [0, 0.1) is 5.92 Å². The lowest BCUT2D eigenvalue weighted by molar-refractivity contribution is -0.145. The zero-order valence-corrected chi connectivity index (χ0v) is 34.3. The maximum Gasteiger partial charge on any atom is 0.326 e. The van der Waals surface area contributed by atoms with Gasteiger partial charge in [-0.25, -0.2) is 13.2 Å². The van der Waals surface area contributed by atoms with Gasteiger partial charge >= 0.3 is 11.9 Å². The smallest absolute Gasteiger partial charge is 0.326 e. The Balaban J connectivity index is 1.97. The number of aliphatic carboxylic acids is 2. The standard InChI is InChI=1S/C37H65N7O12S/c1-2-31(37(51)52)39-34(47)21-20-29(36(49)50)27-30(45)28-56-25-24-55-23-22-38-33(46)19-16-26-57(53,54)42-35(48)18-15-13-11-9-7-5-3-4-6-8-10-12-14-17-32-40-43-44-41-32/h29,31H,2-28H2,1H3,(H,38,46)(H,39,47)(H,42,48)(H,49,50)(H,51,52)(H,40,41,43,44)/t29-,31?/m1/s1. The highest BCUT2D eigenvalue weighted by atomic mass is 32.2. The van der Waals surface area contributed by atoms with E-state index >= 15 is 0 Å². The van der Waals surface area contributed by atoms with Crippen molar-refractivity contribution >= 4 is 45.5 Å². The molecule has 0 spiro atoms. The van der Waals surface area contributed by atoms with E-state index in [0.29, 0.717) is 6.42 Å². The summed E-state index contributed by atoms with van der Waals surface area (Å²) < 4.78 is 37.1. The first-order valence-electron chi connectivity index (χ1n) is 20.3. The highest BCUT2D eigenvalue weighted by Crippen LogP contribution is 2.15. The van der Waals surface area contributed by atoms with E-state index in [2.05, 4.69) is 36.0 Å². The number of tetrazole rings is 1. The molecule has 57 heavy (non-hydrogen) atoms. The topological polar surface area (TPSA) is 286 Å². The molecule has 2 atom stereocenters. The van der Waals surface area contributed by atoms with Crippen LogP contribution >= 0.6 is 0 Å². The molecule has 1 aromatic heterocycles. The summed E-state index contributed by atoms with van der Waals surface area (Å²) in [6.45, 7) is 1.65. The summed E-state index contributed by atoms with van der Waals surface area (Å²) in [6, 6.07) is -1.07. The zero-order chi connectivity index (χ0) is 42.2. The molecule has 19 nitrogen and oxygen atoms in total. The van der Waals surface area contributed by atoms with Crippen molar-refractivity contribution in [1.82, 2.24) is 36.0 Å². The predicted octanol–water partition coefficient (Wildman–Crippen LogP) is 3.00. The molecule has 0 saturated heterocycles. The average Bonchev–Trinajstić information content (AvgIpc) is 3.68. The van der Waals surface area contributed by atoms with Crippen LogP contribution in [0.4, 0.5) is 0 Å². The minimum absolute atomic E-state index is 0.0326. The molecule has 0 aliphatic rings. The van der Waals surface area contributed by atoms with Crippen molar-refractivity contribution in [3.05, 3.63) is 5.82 Å². The molecule has 0 radical (unpaired) electrons. The molecular weight excluding hydrogens is 767 g/mol. The second-order valence-electron chi connectivity index (χ2n) is 14.1. The first kappa shape index (κ1) is 51.0. The molecule has 1 rings (SSSR count). The number of ketones is 1. The van der Waals surface area contributed by atoms with Crippen LogP contribution in [0.5, 0.6) is 0 Å². The third-order valence-corrected chi connectivity index (χ3v) is 10.4. The Hall–Kier alpha value is -4.04. The summed E-state index contributed by atoms with van der Waals surface area (Å²) in [5.41, 5.74) is 0. The van der Waals surface area contributed by atoms with Crippen LogP contribution in [-0.2, 0) is 54.7 Å². The van der Waals surface area contributed by atoms with Gasteiger partial charge in [0.1, 0.15) is 12.6 Å². The number of hydrogen-bond donors (Lipinski definition) is 6. The summed E-state index contributed by atoms with van der Waals surface area (Å²) in [4.78, 5) is 70.8. The summed E-state index contributed by atoms with van der Waals surface area (Å²) >= 11 is 0. The Morgan fingerprint density at radius 2 is 1.32 bits per heavy atom. The SMILES string of the molecule is CCC(NC(=O)CC[C@H](CC(=O)COCCOCCNC(=O)CCCS(=O)(=O)NC(=O)CCCCCCCCCCCCCCCc1nn[nH]n1)C(=O)O)C(=O)O. The van der Waals surface area contributed by atoms with Gasteiger partial charge in [0.2, 0.25) is 27.7 Å². The van der Waals surface area contributed by atoms with Gasteiger partial charge in [0.05, 0.1) is 31.5 Å². The average molecular weight is 832 g/mol. The molecule has 0 fully saturated rings. The molecule has 0 saturated carbocycles. The maximum absolute atomic E-state index is 12.3. The number of nitrogens with zero attached hydrogens (tertiary/aromatic N) is 3. The van der Waals surface area contributed by atoms with Gasteiger partial charge in [0.15, 0.2) is 11.6 Å². The van der Waals surface area contributed by atoms with Gasteiger partial charge in [0, 0.05) is 38.6 Å². The summed E-state index contributed by atoms with van der Waals surface area (Å²) in [7, 11) is -3.84. The van der Waals surface area contributed by atoms with Gasteiger partial charge in [0.25, 0.3) is 0 Å². The normalized spacial score (nSPS) is 12.4. The van der Waals surface area contributed by atoms with E-state index in [4.69, 9.17) is 14.6 Å². The van der Waals surface area contributed by atoms with Crippen LogP contribution in [0.2, 0.25) is 0 Å². The third-order valence-electron chi connectivity index (χ3n) is 9.07. The van der Waals surface area contributed by atoms with Gasteiger partial charge in [-0.15, -0.1) is 10.2 Å². The van der Waals surface area contributed by atoms with Crippen molar-refractivity contribution in [1.29, 1.82) is 0 Å². The minimum Gasteiger partial charge on any atom is -0.481 e. The van der Waals surface area contributed by atoms with Gasteiger partial charge in [-0.05, 0) is 32.1 Å². The number of aryl methyl sites for hydroxylation is 1. The monoisotopic (exact) mass is 831 g/mol. The minimum atomic E-state index is -3.84. The Morgan fingerprint density at radius 1 is 0.719 bits per heavy atom. The van der Waals surface area contributed by atoms with E-state index in [-0.39, 0.29) is 89.6 Å². The summed E-state index contributed by atoms with van der Waals surface area (Å²) in [6.07, 6.45) is 14.9. The highest BCUT2D eigenvalue weighted by molar-refractivity contribution is 7.90. The van der Waals surface area contributed by atoms with E-state index in [1.165, 1.54) is 44.9 Å². The Bertz CT molecular complexity index is 1410. The van der Waals surface area contributed by atoms with E-state index in [1.807, 2.05) is 0 Å². The maximum atomic E-state index is 12.3. The zero-order valence-electron chi connectivity index (χ0n) is 33.5. The van der Waals surface area contributed by atoms with E-state index < -0.39 is 51.5 Å². The van der Waals surface area contributed by atoms with E-state index in [9.17, 15) is 42.3 Å². The van der Waals surface area contributed by atoms with E-state index in [1.54, 1.807) is 6.92 Å². The number of aromatic nitrogens is 4. The molecule has 0 aliphatic heterocycles. The largest absolute Gasteiger partial charge is 0.481 e. The molecule has 0 aliphatic carbocycles. The van der Waals surface area contributed by atoms with Crippen LogP contribution in [0.15, 0.2) is 0 Å². The number of nitrogens with one attached hydrogen (secondary N) is 4. The Labute approximate surface area is 336 Å². The van der Waals surface area contributed by atoms with Gasteiger partial charge < -0.3 is 30.3 Å². The number of unbranched alkanes of at least 4 members (excludes halogenated alkanes) is 12. The Morgan fingerprint density at radius 3 is 1.89 bits per heavy atom. The molecule has 1 unspecified atom stereocenters. The van der Waals surface area contributed by atoms with E-state index in [0.717, 1.165) is 44.3 Å². The Kier molecular flexibility index (Phi) is 28.6. The molecular formula is C37H65N7O12S. The van der Waals surface area contributed by atoms with Crippen molar-refractivity contribution in [3.63, 3.8) is 0 Å². The van der Waals surface area contributed by atoms with Crippen LogP contribution in [0.3, 0.4) is 0 Å². The number of carbonyl (C=O) groups excluding carboxylic acids is 4. The number of Topliss-reactive ketones (excluding diaryl/α,β-unsaturated/α-hetero) is 1. The van der Waals surface area contributed by atoms with Crippen LogP contribution in [-0.4, -0.2) is 119 Å². The number of carboxylic acids is 2. The first-order chi connectivity index (χ1) is 27.3. The number of sulfonamides is 1. The van der Waals surface area contributed by atoms with Crippen LogP contribution in [0.25, 0.3) is 0 Å². The third kappa shape index (κ3) is 28.9. The predicted molar refractivity (Wildman–Crippen MR) is 208 cm³/mol. The number of H-pyrrole nitrogens is 1. The van der Waals surface area contributed by atoms with Crippen LogP contribution < -0.4 is 15.4 Å². The number of carbonyl (C=O) groups is 6. The lowest BCUT2D eigenvalue weighted by Crippen LogP contribution is -2.40. The quantitative estimate of drug-likeness (QED) is 0.0523. The van der Waals surface area contributed by atoms with Crippen molar-refractivity contribution in [2.45, 2.75) is 148 Å². The highest BCUT2D eigenvalue weighted by Gasteiger charge is 2.24. The number of aromatic amines is 1. The van der Waals surface area contributed by atoms with Crippen LogP contribution in [0.1, 0.15) is 141 Å². The fraction of sp³-hybridized carbons (Fsp3) is 0.811. The summed E-state index contributed by atoms with van der Waals surface area (Å²) in [5.74, 6) is -5.15. The van der Waals surface area contributed by atoms with Crippen molar-refractivity contribution < 1.29 is 56.9 Å². The molecule has 1 heterocycles.